The Balaban J connectivity index is 1.61. The van der Waals surface area contributed by atoms with Gasteiger partial charge in [-0.05, 0) is 68.5 Å². The van der Waals surface area contributed by atoms with E-state index >= 15 is 0 Å². The summed E-state index contributed by atoms with van der Waals surface area (Å²) in [5.41, 5.74) is 5.45. The molecule has 0 unspecified atom stereocenters. The number of nitrogens with one attached hydrogen (secondary N) is 1. The fourth-order valence-electron chi connectivity index (χ4n) is 3.93. The van der Waals surface area contributed by atoms with E-state index in [2.05, 4.69) is 21.5 Å². The van der Waals surface area contributed by atoms with Gasteiger partial charge in [-0.25, -0.2) is 0 Å². The van der Waals surface area contributed by atoms with Crippen molar-refractivity contribution in [3.05, 3.63) is 53.1 Å². The summed E-state index contributed by atoms with van der Waals surface area (Å²) in [5, 5.41) is 16.7. The number of ether oxygens (including phenoxy) is 1. The summed E-state index contributed by atoms with van der Waals surface area (Å²) in [4.78, 5) is 4.67. The Hall–Kier alpha value is -2.70. The molecule has 3 aromatic rings. The second kappa shape index (κ2) is 8.35. The van der Waals surface area contributed by atoms with Crippen molar-refractivity contribution in [1.82, 2.24) is 15.5 Å². The Morgan fingerprint density at radius 1 is 1.28 bits per heavy atom. The number of aliphatic hydroxyl groups is 1. The van der Waals surface area contributed by atoms with E-state index in [0.717, 1.165) is 35.3 Å². The third kappa shape index (κ3) is 4.04. The Kier molecular flexibility index (Phi) is 5.65. The molecule has 2 aromatic carbocycles. The molecule has 0 aliphatic heterocycles. The summed E-state index contributed by atoms with van der Waals surface area (Å²) < 4.78 is 11.4. The highest BCUT2D eigenvalue weighted by Crippen LogP contribution is 2.37. The van der Waals surface area contributed by atoms with E-state index in [1.54, 1.807) is 0 Å². The van der Waals surface area contributed by atoms with Crippen LogP contribution in [0.1, 0.15) is 43.0 Å². The van der Waals surface area contributed by atoms with Gasteiger partial charge in [0.15, 0.2) is 0 Å². The van der Waals surface area contributed by atoms with Crippen molar-refractivity contribution >= 4 is 0 Å². The number of aryl methyl sites for hydroxylation is 1. The first-order valence-corrected chi connectivity index (χ1v) is 10.1. The quantitative estimate of drug-likeness (QED) is 0.630. The first-order chi connectivity index (χ1) is 14.1. The van der Waals surface area contributed by atoms with E-state index in [1.165, 1.54) is 11.1 Å². The summed E-state index contributed by atoms with van der Waals surface area (Å²) in [6, 6.07) is 12.4. The van der Waals surface area contributed by atoms with Crippen LogP contribution in [-0.2, 0) is 6.42 Å². The van der Waals surface area contributed by atoms with Gasteiger partial charge in [-0.15, -0.1) is 0 Å². The topological polar surface area (TPSA) is 80.4 Å². The van der Waals surface area contributed by atoms with Crippen LogP contribution in [0.2, 0.25) is 0 Å². The number of aliphatic hydroxyl groups excluding tert-OH is 1. The van der Waals surface area contributed by atoms with Gasteiger partial charge in [-0.2, -0.15) is 4.98 Å². The number of fused-ring (bicyclic) bond motifs is 1. The molecule has 0 fully saturated rings. The number of hydrogen-bond donors (Lipinski definition) is 2. The van der Waals surface area contributed by atoms with Crippen molar-refractivity contribution in [3.8, 4) is 28.6 Å². The lowest BCUT2D eigenvalue weighted by molar-refractivity contribution is 0.241. The monoisotopic (exact) mass is 393 g/mol. The third-order valence-corrected chi connectivity index (χ3v) is 5.22. The van der Waals surface area contributed by atoms with E-state index in [-0.39, 0.29) is 18.8 Å². The second-order valence-corrected chi connectivity index (χ2v) is 7.71. The van der Waals surface area contributed by atoms with E-state index in [4.69, 9.17) is 14.4 Å². The second-order valence-electron chi connectivity index (χ2n) is 7.71. The average Bonchev–Trinajstić information content (AvgIpc) is 3.35. The van der Waals surface area contributed by atoms with E-state index < -0.39 is 0 Å². The van der Waals surface area contributed by atoms with Gasteiger partial charge in [0.05, 0.1) is 12.7 Å². The number of nitrogens with zero attached hydrogens (tertiary/aromatic N) is 2. The maximum Gasteiger partial charge on any atom is 0.258 e. The van der Waals surface area contributed by atoms with Crippen LogP contribution in [0.4, 0.5) is 0 Å². The molecule has 1 aliphatic rings. The Labute approximate surface area is 170 Å². The highest BCUT2D eigenvalue weighted by atomic mass is 16.5. The summed E-state index contributed by atoms with van der Waals surface area (Å²) in [6.07, 6.45) is 2.09. The third-order valence-electron chi connectivity index (χ3n) is 5.22. The predicted octanol–water partition coefficient (Wildman–Crippen LogP) is 4.07. The van der Waals surface area contributed by atoms with Crippen LogP contribution in [0, 0.1) is 6.92 Å². The van der Waals surface area contributed by atoms with Crippen molar-refractivity contribution in [3.63, 3.8) is 0 Å². The van der Waals surface area contributed by atoms with Gasteiger partial charge in [-0.1, -0.05) is 23.4 Å². The zero-order valence-corrected chi connectivity index (χ0v) is 17.1. The average molecular weight is 393 g/mol. The molecule has 0 bridgehead atoms. The molecule has 0 radical (unpaired) electrons. The Morgan fingerprint density at radius 2 is 2.14 bits per heavy atom. The van der Waals surface area contributed by atoms with Crippen molar-refractivity contribution in [2.45, 2.75) is 45.8 Å². The van der Waals surface area contributed by atoms with E-state index in [9.17, 15) is 0 Å². The summed E-state index contributed by atoms with van der Waals surface area (Å²) in [6.45, 7) is 6.78. The van der Waals surface area contributed by atoms with Crippen molar-refractivity contribution in [2.24, 2.45) is 0 Å². The normalized spacial score (nSPS) is 15.7. The predicted molar refractivity (Wildman–Crippen MR) is 112 cm³/mol. The molecule has 1 aliphatic carbocycles. The van der Waals surface area contributed by atoms with Crippen LogP contribution in [0.5, 0.6) is 5.75 Å². The van der Waals surface area contributed by atoms with Crippen molar-refractivity contribution in [1.29, 1.82) is 0 Å². The van der Waals surface area contributed by atoms with E-state index in [1.807, 2.05) is 51.1 Å². The molecule has 0 saturated carbocycles. The lowest BCUT2D eigenvalue weighted by Gasteiger charge is -2.13. The smallest absolute Gasteiger partial charge is 0.258 e. The zero-order valence-electron chi connectivity index (χ0n) is 17.1. The molecule has 4 rings (SSSR count). The SMILES string of the molecule is Cc1cc(-c2nc(-c3cccc4c3CC[C@H]4NCCO)no2)ccc1OC(C)C. The van der Waals surface area contributed by atoms with Crippen LogP contribution in [0.15, 0.2) is 40.9 Å². The van der Waals surface area contributed by atoms with Crippen LogP contribution in [0.25, 0.3) is 22.8 Å². The molecule has 2 N–H and O–H groups in total. The molecule has 0 spiro atoms. The highest BCUT2D eigenvalue weighted by molar-refractivity contribution is 5.66. The fraction of sp³-hybridized carbons (Fsp3) is 0.391. The lowest BCUT2D eigenvalue weighted by Crippen LogP contribution is -2.22. The van der Waals surface area contributed by atoms with Gasteiger partial charge < -0.3 is 19.7 Å². The van der Waals surface area contributed by atoms with Crippen LogP contribution in [-0.4, -0.2) is 34.5 Å². The first kappa shape index (κ1) is 19.6. The van der Waals surface area contributed by atoms with Crippen molar-refractivity contribution < 1.29 is 14.4 Å². The largest absolute Gasteiger partial charge is 0.491 e. The van der Waals surface area contributed by atoms with Crippen molar-refractivity contribution in [2.75, 3.05) is 13.2 Å². The molecule has 0 saturated heterocycles. The van der Waals surface area contributed by atoms with Crippen LogP contribution >= 0.6 is 0 Å². The minimum absolute atomic E-state index is 0.130. The molecule has 29 heavy (non-hydrogen) atoms. The number of aromatic nitrogens is 2. The first-order valence-electron chi connectivity index (χ1n) is 10.1. The van der Waals surface area contributed by atoms with Gasteiger partial charge in [0, 0.05) is 23.7 Å². The summed E-state index contributed by atoms with van der Waals surface area (Å²) >= 11 is 0. The molecule has 1 atom stereocenters. The van der Waals surface area contributed by atoms with Crippen LogP contribution < -0.4 is 10.1 Å². The summed E-state index contributed by atoms with van der Waals surface area (Å²) in [5.74, 6) is 1.98. The molecule has 0 amide bonds. The van der Waals surface area contributed by atoms with Crippen LogP contribution in [0.3, 0.4) is 0 Å². The highest BCUT2D eigenvalue weighted by Gasteiger charge is 2.26. The molecule has 6 nitrogen and oxygen atoms in total. The summed E-state index contributed by atoms with van der Waals surface area (Å²) in [7, 11) is 0. The molecule has 6 heteroatoms. The van der Waals surface area contributed by atoms with Gasteiger partial charge in [-0.3, -0.25) is 0 Å². The standard InChI is InChI=1S/C23H27N3O3/c1-14(2)28-21-10-7-16(13-15(21)3)23-25-22(26-29-23)19-6-4-5-18-17(19)8-9-20(18)24-11-12-27/h4-7,10,13-14,20,24,27H,8-9,11-12H2,1-3H3/t20-/m1/s1. The number of hydrogen-bond acceptors (Lipinski definition) is 6. The zero-order chi connectivity index (χ0) is 20.4. The number of rotatable bonds is 7. The van der Waals surface area contributed by atoms with Gasteiger partial charge >= 0.3 is 0 Å². The molecule has 1 heterocycles. The van der Waals surface area contributed by atoms with E-state index in [0.29, 0.717) is 18.3 Å². The Bertz CT molecular complexity index is 997. The lowest BCUT2D eigenvalue weighted by atomic mass is 10.0. The fourth-order valence-corrected chi connectivity index (χ4v) is 3.93. The molecule has 152 valence electrons. The minimum atomic E-state index is 0.130. The number of benzene rings is 2. The maximum absolute atomic E-state index is 9.09. The van der Waals surface area contributed by atoms with Gasteiger partial charge in [0.1, 0.15) is 5.75 Å². The maximum atomic E-state index is 9.09. The van der Waals surface area contributed by atoms with Gasteiger partial charge in [0.2, 0.25) is 5.82 Å². The molecular weight excluding hydrogens is 366 g/mol. The molecule has 1 aromatic heterocycles. The molecular formula is C23H27N3O3. The minimum Gasteiger partial charge on any atom is -0.491 e. The Morgan fingerprint density at radius 3 is 2.90 bits per heavy atom. The van der Waals surface area contributed by atoms with Gasteiger partial charge in [0.25, 0.3) is 5.89 Å².